The second-order valence-electron chi connectivity index (χ2n) is 2.66. The minimum Gasteiger partial charge on any atom is -1.00 e. The molecule has 2 rings (SSSR count). The Kier molecular flexibility index (Phi) is 10.8. The predicted octanol–water partition coefficient (Wildman–Crippen LogP) is -6.12. The molecule has 0 atom stereocenters. The van der Waals surface area contributed by atoms with E-state index < -0.39 is 0 Å². The van der Waals surface area contributed by atoms with Gasteiger partial charge in [-0.15, -0.1) is 40.6 Å². The van der Waals surface area contributed by atoms with Crippen LogP contribution in [0.15, 0.2) is 36.4 Å². The Bertz CT molecular complexity index is 324. The molecule has 0 N–H and O–H groups in total. The second kappa shape index (κ2) is 7.87. The van der Waals surface area contributed by atoms with Gasteiger partial charge in [-0.2, -0.15) is 6.07 Å². The molecule has 0 amide bonds. The largest absolute Gasteiger partial charge is 4.00 e. The van der Waals surface area contributed by atoms with Gasteiger partial charge in [0.1, 0.15) is 0 Å². The van der Waals surface area contributed by atoms with E-state index in [9.17, 15) is 0 Å². The summed E-state index contributed by atoms with van der Waals surface area (Å²) in [4.78, 5) is 0. The van der Waals surface area contributed by atoms with E-state index in [0.29, 0.717) is 0 Å². The Hall–Kier alpha value is -0.497. The second-order valence-corrected chi connectivity index (χ2v) is 2.66. The molecule has 0 aliphatic rings. The summed E-state index contributed by atoms with van der Waals surface area (Å²) in [5.74, 6) is 0. The van der Waals surface area contributed by atoms with E-state index in [1.807, 2.05) is 0 Å². The predicted molar refractivity (Wildman–Crippen MR) is 44.3 cm³/mol. The van der Waals surface area contributed by atoms with Crippen molar-refractivity contribution in [2.75, 3.05) is 0 Å². The Balaban J connectivity index is -0.000000302. The maximum atomic E-state index is 2.20. The zero-order valence-corrected chi connectivity index (χ0v) is 10.1. The first kappa shape index (κ1) is 19.1. The molecule has 0 aliphatic carbocycles. The molecular weight excluding hydrogens is 268 g/mol. The number of rotatable bonds is 0. The quantitative estimate of drug-likeness (QED) is 0.421. The molecule has 0 spiro atoms. The van der Waals surface area contributed by atoms with Gasteiger partial charge >= 0.3 is 26.2 Å². The van der Waals surface area contributed by atoms with Gasteiger partial charge in [-0.1, -0.05) is 13.0 Å². The van der Waals surface area contributed by atoms with Crippen LogP contribution in [0.25, 0.3) is 10.8 Å². The fourth-order valence-corrected chi connectivity index (χ4v) is 1.31. The van der Waals surface area contributed by atoms with Crippen molar-refractivity contribution in [1.29, 1.82) is 0 Å². The van der Waals surface area contributed by atoms with Gasteiger partial charge in [0.2, 0.25) is 0 Å². The van der Waals surface area contributed by atoms with Crippen LogP contribution >= 0.6 is 0 Å². The van der Waals surface area contributed by atoms with E-state index in [4.69, 9.17) is 0 Å². The molecule has 2 aromatic carbocycles. The van der Waals surface area contributed by atoms with Crippen LogP contribution in [0, 0.1) is 6.92 Å². The van der Waals surface area contributed by atoms with E-state index in [0.717, 1.165) is 0 Å². The zero-order chi connectivity index (χ0) is 6.97. The molecule has 0 fully saturated rings. The van der Waals surface area contributed by atoms with Crippen molar-refractivity contribution in [3.63, 3.8) is 0 Å². The number of fused-ring (bicyclic) bond motifs is 1. The maximum Gasteiger partial charge on any atom is 4.00 e. The van der Waals surface area contributed by atoms with Crippen molar-refractivity contribution in [3.8, 4) is 0 Å². The average Bonchev–Trinajstić information content (AvgIpc) is 2.27. The maximum absolute atomic E-state index is 2.20. The molecule has 0 aromatic heterocycles. The summed E-state index contributed by atoms with van der Waals surface area (Å²) in [7, 11) is 0. The van der Waals surface area contributed by atoms with Crippen LogP contribution in [0.5, 0.6) is 0 Å². The Labute approximate surface area is 99.9 Å². The van der Waals surface area contributed by atoms with Gasteiger partial charge < -0.3 is 14.1 Å². The van der Waals surface area contributed by atoms with E-state index in [2.05, 4.69) is 43.3 Å². The number of aryl methyl sites for hydroxylation is 1. The smallest absolute Gasteiger partial charge is 1.00 e. The van der Waals surface area contributed by atoms with Crippen molar-refractivity contribution in [1.82, 2.24) is 0 Å². The first-order valence-corrected chi connectivity index (χ1v) is 3.48. The normalized spacial score (nSPS) is 7.50. The molecule has 2 aromatic rings. The zero-order valence-electron chi connectivity index (χ0n) is 7.60. The van der Waals surface area contributed by atoms with E-state index in [1.54, 1.807) is 0 Å². The number of halogens is 3. The molecular formula is C10H9F3Zr. The Morgan fingerprint density at radius 3 is 2.14 bits per heavy atom. The van der Waals surface area contributed by atoms with Gasteiger partial charge in [-0.05, 0) is 0 Å². The summed E-state index contributed by atoms with van der Waals surface area (Å²) >= 11 is 0. The topological polar surface area (TPSA) is 0 Å². The molecule has 0 nitrogen and oxygen atoms in total. The first-order chi connectivity index (χ1) is 4.86. The van der Waals surface area contributed by atoms with Crippen LogP contribution in [0.4, 0.5) is 0 Å². The molecule has 0 aliphatic heterocycles. The van der Waals surface area contributed by atoms with Crippen LogP contribution in [-0.2, 0) is 26.2 Å². The van der Waals surface area contributed by atoms with Crippen LogP contribution in [0.3, 0.4) is 0 Å². The third-order valence-electron chi connectivity index (χ3n) is 1.76. The standard InChI is InChI=1S/C10H9.3FH.Zr/c1-8-6-9-4-2-3-5-10(9)7-8;;;;/h2-7H,1H3;3*1H;/q-1;;;;+4/p-3. The van der Waals surface area contributed by atoms with Crippen molar-refractivity contribution >= 4 is 10.8 Å². The van der Waals surface area contributed by atoms with Crippen molar-refractivity contribution in [2.45, 2.75) is 6.92 Å². The number of benzene rings is 1. The molecule has 0 bridgehead atoms. The van der Waals surface area contributed by atoms with Gasteiger partial charge in [0.15, 0.2) is 0 Å². The van der Waals surface area contributed by atoms with Crippen LogP contribution < -0.4 is 14.1 Å². The molecule has 74 valence electrons. The van der Waals surface area contributed by atoms with Gasteiger partial charge in [-0.25, -0.2) is 0 Å². The van der Waals surface area contributed by atoms with Gasteiger partial charge in [0, 0.05) is 0 Å². The average molecular weight is 277 g/mol. The van der Waals surface area contributed by atoms with E-state index >= 15 is 0 Å². The SMILES string of the molecule is Cc1cc2ccccc2[cH-]1.[F-].[F-].[F-].[Zr+4]. The molecule has 0 saturated carbocycles. The van der Waals surface area contributed by atoms with Crippen LogP contribution in [0.2, 0.25) is 0 Å². The molecule has 4 heteroatoms. The fourth-order valence-electron chi connectivity index (χ4n) is 1.31. The van der Waals surface area contributed by atoms with E-state index in [-0.39, 0.29) is 40.3 Å². The van der Waals surface area contributed by atoms with Gasteiger partial charge in [0.25, 0.3) is 0 Å². The fraction of sp³-hybridized carbons (Fsp3) is 0.100. The summed E-state index contributed by atoms with van der Waals surface area (Å²) in [5.41, 5.74) is 1.35. The third-order valence-corrected chi connectivity index (χ3v) is 1.76. The Morgan fingerprint density at radius 1 is 1.00 bits per heavy atom. The molecule has 0 radical (unpaired) electrons. The summed E-state index contributed by atoms with van der Waals surface area (Å²) in [6.45, 7) is 2.12. The third kappa shape index (κ3) is 3.71. The van der Waals surface area contributed by atoms with E-state index in [1.165, 1.54) is 16.3 Å². The Morgan fingerprint density at radius 2 is 1.57 bits per heavy atom. The minimum atomic E-state index is 0. The van der Waals surface area contributed by atoms with Crippen LogP contribution in [-0.4, -0.2) is 0 Å². The van der Waals surface area contributed by atoms with Crippen molar-refractivity contribution in [2.24, 2.45) is 0 Å². The number of hydrogen-bond acceptors (Lipinski definition) is 0. The van der Waals surface area contributed by atoms with Crippen molar-refractivity contribution in [3.05, 3.63) is 42.0 Å². The molecule has 14 heavy (non-hydrogen) atoms. The minimum absolute atomic E-state index is 0. The van der Waals surface area contributed by atoms with Crippen molar-refractivity contribution < 1.29 is 40.3 Å². The van der Waals surface area contributed by atoms with Gasteiger partial charge in [-0.3, -0.25) is 0 Å². The molecule has 0 heterocycles. The summed E-state index contributed by atoms with van der Waals surface area (Å²) in [6, 6.07) is 12.8. The monoisotopic (exact) mass is 276 g/mol. The van der Waals surface area contributed by atoms with Crippen LogP contribution in [0.1, 0.15) is 5.56 Å². The first-order valence-electron chi connectivity index (χ1n) is 3.48. The summed E-state index contributed by atoms with van der Waals surface area (Å²) in [6.07, 6.45) is 0. The molecule has 0 saturated heterocycles. The molecule has 0 unspecified atom stereocenters. The van der Waals surface area contributed by atoms with Gasteiger partial charge in [0.05, 0.1) is 0 Å². The number of hydrogen-bond donors (Lipinski definition) is 0. The summed E-state index contributed by atoms with van der Waals surface area (Å²) in [5, 5.41) is 2.69. The summed E-state index contributed by atoms with van der Waals surface area (Å²) < 4.78 is 0.